The Kier molecular flexibility index (Phi) is 9.94. The van der Waals surface area contributed by atoms with Crippen LogP contribution in [0.5, 0.6) is 23.1 Å². The van der Waals surface area contributed by atoms with Crippen molar-refractivity contribution in [1.29, 1.82) is 0 Å². The molecule has 0 saturated carbocycles. The lowest BCUT2D eigenvalue weighted by molar-refractivity contribution is -0.116. The molecule has 2 atom stereocenters. The second kappa shape index (κ2) is 14.6. The molecule has 0 spiro atoms. The third-order valence-corrected chi connectivity index (χ3v) is 8.27. The molecule has 2 aliphatic heterocycles. The van der Waals surface area contributed by atoms with Crippen LogP contribution in [-0.4, -0.2) is 54.9 Å². The van der Waals surface area contributed by atoms with Crippen molar-refractivity contribution in [3.8, 4) is 34.3 Å². The lowest BCUT2D eigenvalue weighted by Gasteiger charge is -2.29. The van der Waals surface area contributed by atoms with Gasteiger partial charge in [-0.2, -0.15) is 4.98 Å². The molecule has 1 amide bonds. The van der Waals surface area contributed by atoms with Crippen LogP contribution < -0.4 is 24.8 Å². The van der Waals surface area contributed by atoms with Crippen molar-refractivity contribution in [2.45, 2.75) is 44.2 Å². The van der Waals surface area contributed by atoms with E-state index in [9.17, 15) is 14.7 Å². The van der Waals surface area contributed by atoms with Gasteiger partial charge in [0.2, 0.25) is 11.8 Å². The molecule has 0 bridgehead atoms. The number of fused-ring (bicyclic) bond motifs is 1. The van der Waals surface area contributed by atoms with E-state index in [0.29, 0.717) is 54.1 Å². The molecule has 10 nitrogen and oxygen atoms in total. The maximum absolute atomic E-state index is 15.4. The number of carboxylic acid groups (broad SMARTS) is 1. The van der Waals surface area contributed by atoms with Crippen molar-refractivity contribution >= 4 is 17.7 Å². The minimum atomic E-state index is -1.05. The minimum Gasteiger partial charge on any atom is -0.487 e. The van der Waals surface area contributed by atoms with Crippen molar-refractivity contribution in [1.82, 2.24) is 10.3 Å². The zero-order valence-corrected chi connectivity index (χ0v) is 26.0. The minimum absolute atomic E-state index is 0.0276. The van der Waals surface area contributed by atoms with Crippen LogP contribution >= 0.6 is 0 Å². The summed E-state index contributed by atoms with van der Waals surface area (Å²) in [5.41, 5.74) is 2.89. The van der Waals surface area contributed by atoms with Crippen LogP contribution in [0.4, 0.5) is 10.2 Å². The molecule has 3 N–H and O–H groups in total. The van der Waals surface area contributed by atoms with Crippen molar-refractivity contribution in [2.24, 2.45) is 0 Å². The van der Waals surface area contributed by atoms with Crippen LogP contribution in [0.2, 0.25) is 0 Å². The van der Waals surface area contributed by atoms with Gasteiger partial charge in [0.05, 0.1) is 18.8 Å². The number of halogens is 1. The van der Waals surface area contributed by atoms with Gasteiger partial charge in [0.25, 0.3) is 0 Å². The van der Waals surface area contributed by atoms with Gasteiger partial charge in [-0.25, -0.2) is 9.18 Å². The maximum atomic E-state index is 15.4. The lowest BCUT2D eigenvalue weighted by Crippen LogP contribution is -2.33. The van der Waals surface area contributed by atoms with E-state index >= 15 is 4.39 Å². The van der Waals surface area contributed by atoms with Gasteiger partial charge in [-0.15, -0.1) is 0 Å². The number of amides is 1. The van der Waals surface area contributed by atoms with Crippen LogP contribution in [0, 0.1) is 5.82 Å². The average molecular weight is 642 g/mol. The van der Waals surface area contributed by atoms with E-state index in [2.05, 4.69) is 15.6 Å². The molecule has 11 heteroatoms. The summed E-state index contributed by atoms with van der Waals surface area (Å²) in [6.07, 6.45) is 3.86. The van der Waals surface area contributed by atoms with E-state index in [1.807, 2.05) is 12.1 Å². The number of nitrogens with zero attached hydrogens (tertiary/aromatic N) is 1. The highest BCUT2D eigenvalue weighted by molar-refractivity contribution is 5.90. The molecule has 3 aromatic carbocycles. The summed E-state index contributed by atoms with van der Waals surface area (Å²) in [6.45, 7) is 1.73. The number of carbonyl (C=O) groups is 2. The molecule has 1 fully saturated rings. The fourth-order valence-electron chi connectivity index (χ4n) is 5.84. The lowest BCUT2D eigenvalue weighted by atomic mass is 9.91. The highest BCUT2D eigenvalue weighted by atomic mass is 19.1. The largest absolute Gasteiger partial charge is 0.487 e. The number of rotatable bonds is 11. The Hall–Kier alpha value is -5.00. The zero-order valence-electron chi connectivity index (χ0n) is 26.0. The molecule has 0 aliphatic carbocycles. The van der Waals surface area contributed by atoms with Crippen molar-refractivity contribution < 1.29 is 38.0 Å². The Bertz CT molecular complexity index is 1740. The number of ether oxygens (including phenoxy) is 4. The summed E-state index contributed by atoms with van der Waals surface area (Å²) in [5.74, 6) is 0.161. The summed E-state index contributed by atoms with van der Waals surface area (Å²) >= 11 is 0. The van der Waals surface area contributed by atoms with E-state index in [-0.39, 0.29) is 35.8 Å². The van der Waals surface area contributed by atoms with E-state index in [1.54, 1.807) is 42.5 Å². The van der Waals surface area contributed by atoms with Crippen LogP contribution in [0.15, 0.2) is 72.8 Å². The van der Waals surface area contributed by atoms with Gasteiger partial charge in [-0.1, -0.05) is 18.2 Å². The van der Waals surface area contributed by atoms with Crippen LogP contribution in [0.3, 0.4) is 0 Å². The number of anilines is 1. The van der Waals surface area contributed by atoms with Crippen molar-refractivity contribution in [3.05, 3.63) is 95.3 Å². The van der Waals surface area contributed by atoms with Crippen molar-refractivity contribution in [3.63, 3.8) is 0 Å². The number of carboxylic acids is 1. The summed E-state index contributed by atoms with van der Waals surface area (Å²) in [4.78, 5) is 28.6. The standard InChI is InChI=1S/C36H36FN3O7/c1-44-35-7-4-6-33(40-35)39-34(41)20-30-28-19-32(31(17-24(28)14-15-38-30)46-21-26-5-2-3-16-45-26)47-25-12-13-27(29(37)18-25)22-8-10-23(11-9-22)36(42)43/h4,6-13,17-19,26,30,38H,2-3,5,14-16,20-21H2,1H3,(H,42,43)(H,39,40,41)/t26?,30-/m1/s1. The molecule has 47 heavy (non-hydrogen) atoms. The number of aromatic nitrogens is 1. The van der Waals surface area contributed by atoms with Gasteiger partial charge in [0.15, 0.2) is 11.5 Å². The smallest absolute Gasteiger partial charge is 0.335 e. The maximum Gasteiger partial charge on any atom is 0.335 e. The van der Waals surface area contributed by atoms with Gasteiger partial charge < -0.3 is 34.7 Å². The van der Waals surface area contributed by atoms with E-state index in [0.717, 1.165) is 36.8 Å². The second-order valence-electron chi connectivity index (χ2n) is 11.5. The molecular weight excluding hydrogens is 605 g/mol. The van der Waals surface area contributed by atoms with Crippen LogP contribution in [0.1, 0.15) is 53.2 Å². The Balaban J connectivity index is 1.25. The summed E-state index contributed by atoms with van der Waals surface area (Å²) in [7, 11) is 1.51. The third kappa shape index (κ3) is 7.87. The fourth-order valence-corrected chi connectivity index (χ4v) is 5.84. The van der Waals surface area contributed by atoms with E-state index in [1.165, 1.54) is 25.3 Å². The highest BCUT2D eigenvalue weighted by Gasteiger charge is 2.26. The normalized spacial score (nSPS) is 17.3. The third-order valence-electron chi connectivity index (χ3n) is 8.27. The molecule has 244 valence electrons. The number of methoxy groups -OCH3 is 1. The molecule has 1 saturated heterocycles. The molecule has 2 aliphatic rings. The molecule has 1 unspecified atom stereocenters. The fraction of sp³-hybridized carbons (Fsp3) is 0.306. The van der Waals surface area contributed by atoms with Crippen LogP contribution in [0.25, 0.3) is 11.1 Å². The molecule has 1 aromatic heterocycles. The molecule has 6 rings (SSSR count). The first-order valence-corrected chi connectivity index (χ1v) is 15.6. The van der Waals surface area contributed by atoms with E-state index < -0.39 is 11.8 Å². The molecule has 0 radical (unpaired) electrons. The Morgan fingerprint density at radius 1 is 1.06 bits per heavy atom. The number of hydrogen-bond acceptors (Lipinski definition) is 8. The highest BCUT2D eigenvalue weighted by Crippen LogP contribution is 2.40. The number of nitrogens with one attached hydrogen (secondary N) is 2. The topological polar surface area (TPSA) is 128 Å². The van der Waals surface area contributed by atoms with E-state index in [4.69, 9.17) is 18.9 Å². The average Bonchev–Trinajstić information content (AvgIpc) is 3.08. The van der Waals surface area contributed by atoms with Gasteiger partial charge in [0.1, 0.15) is 24.0 Å². The van der Waals surface area contributed by atoms with Crippen LogP contribution in [-0.2, 0) is 16.0 Å². The van der Waals surface area contributed by atoms with Crippen molar-refractivity contribution in [2.75, 3.05) is 32.2 Å². The Morgan fingerprint density at radius 2 is 1.91 bits per heavy atom. The number of aromatic carboxylic acids is 1. The first-order chi connectivity index (χ1) is 22.9. The molecule has 4 aromatic rings. The zero-order chi connectivity index (χ0) is 32.8. The summed E-state index contributed by atoms with van der Waals surface area (Å²) in [6, 6.07) is 19.2. The summed E-state index contributed by atoms with van der Waals surface area (Å²) < 4.78 is 39.0. The predicted octanol–water partition coefficient (Wildman–Crippen LogP) is 6.55. The predicted molar refractivity (Wildman–Crippen MR) is 173 cm³/mol. The SMILES string of the molecule is COc1cccc(NC(=O)C[C@H]2NCCc3cc(OCC4CCCCO4)c(Oc4ccc(-c5ccc(C(=O)O)cc5)c(F)c4)cc32)n1. The van der Waals surface area contributed by atoms with Gasteiger partial charge in [-0.05, 0) is 91.4 Å². The summed E-state index contributed by atoms with van der Waals surface area (Å²) in [5, 5.41) is 15.5. The monoisotopic (exact) mass is 641 g/mol. The molecule has 3 heterocycles. The van der Waals surface area contributed by atoms with Gasteiger partial charge >= 0.3 is 5.97 Å². The Labute approximate surface area is 271 Å². The first kappa shape index (κ1) is 32.0. The second-order valence-corrected chi connectivity index (χ2v) is 11.5. The quantitative estimate of drug-likeness (QED) is 0.167. The Morgan fingerprint density at radius 3 is 2.66 bits per heavy atom. The number of benzene rings is 3. The number of carbonyl (C=O) groups excluding carboxylic acids is 1. The van der Waals surface area contributed by atoms with Gasteiger partial charge in [-0.3, -0.25) is 4.79 Å². The number of hydrogen-bond donors (Lipinski definition) is 3. The number of pyridine rings is 1. The molecular formula is C36H36FN3O7. The van der Waals surface area contributed by atoms with Gasteiger partial charge in [0, 0.05) is 36.8 Å². The first-order valence-electron chi connectivity index (χ1n) is 15.6.